The zero-order chi connectivity index (χ0) is 22.6. The molecule has 0 fully saturated rings. The lowest BCUT2D eigenvalue weighted by molar-refractivity contribution is -0.119. The van der Waals surface area contributed by atoms with Crippen LogP contribution in [0.4, 0.5) is 11.4 Å². The van der Waals surface area contributed by atoms with E-state index in [4.69, 9.17) is 0 Å². The van der Waals surface area contributed by atoms with Crippen LogP contribution in [-0.4, -0.2) is 43.6 Å². The molecule has 0 atom stereocenters. The fourth-order valence-corrected chi connectivity index (χ4v) is 3.90. The van der Waals surface area contributed by atoms with Gasteiger partial charge in [0.25, 0.3) is 11.8 Å². The first-order valence-electron chi connectivity index (χ1n) is 10.7. The van der Waals surface area contributed by atoms with Crippen LogP contribution in [0.5, 0.6) is 0 Å². The molecule has 164 valence electrons. The van der Waals surface area contributed by atoms with Crippen molar-refractivity contribution in [2.24, 2.45) is 0 Å². The van der Waals surface area contributed by atoms with Crippen LogP contribution in [0.2, 0.25) is 0 Å². The van der Waals surface area contributed by atoms with E-state index in [0.29, 0.717) is 29.2 Å². The Kier molecular flexibility index (Phi) is 5.59. The molecule has 0 unspecified atom stereocenters. The summed E-state index contributed by atoms with van der Waals surface area (Å²) in [7, 11) is 0. The number of hydrogen-bond donors (Lipinski definition) is 1. The molecule has 0 radical (unpaired) electrons. The first kappa shape index (κ1) is 20.5. The lowest BCUT2D eigenvalue weighted by atomic mass is 10.0. The topological polar surface area (TPSA) is 106 Å². The Hall–Kier alpha value is -4.40. The second-order valence-electron chi connectivity index (χ2n) is 7.66. The number of nitrogens with one attached hydrogen (secondary N) is 1. The third-order valence-corrected chi connectivity index (χ3v) is 5.50. The van der Waals surface area contributed by atoms with E-state index in [9.17, 15) is 9.59 Å². The summed E-state index contributed by atoms with van der Waals surface area (Å²) in [6.45, 7) is 0.647. The largest absolute Gasteiger partial charge is 0.321 e. The maximum Gasteiger partial charge on any atom is 0.255 e. The molecule has 9 heteroatoms. The van der Waals surface area contributed by atoms with Crippen LogP contribution in [-0.2, 0) is 17.8 Å². The number of amides is 2. The maximum absolute atomic E-state index is 13.0. The van der Waals surface area contributed by atoms with Gasteiger partial charge in [-0.3, -0.25) is 14.6 Å². The summed E-state index contributed by atoms with van der Waals surface area (Å²) in [5.41, 5.74) is 3.77. The van der Waals surface area contributed by atoms with Gasteiger partial charge < -0.3 is 10.2 Å². The first-order valence-corrected chi connectivity index (χ1v) is 10.7. The molecule has 5 rings (SSSR count). The smallest absolute Gasteiger partial charge is 0.255 e. The Morgan fingerprint density at radius 2 is 1.76 bits per heavy atom. The molecular formula is C24H21N7O2. The van der Waals surface area contributed by atoms with Crippen LogP contribution in [0.15, 0.2) is 73.1 Å². The van der Waals surface area contributed by atoms with Crippen molar-refractivity contribution in [3.8, 4) is 11.4 Å². The highest BCUT2D eigenvalue weighted by Crippen LogP contribution is 2.27. The van der Waals surface area contributed by atoms with Crippen molar-refractivity contribution in [2.45, 2.75) is 19.4 Å². The molecule has 3 heterocycles. The summed E-state index contributed by atoms with van der Waals surface area (Å²) in [5, 5.41) is 15.5. The van der Waals surface area contributed by atoms with Crippen molar-refractivity contribution >= 4 is 23.2 Å². The number of rotatable bonds is 5. The zero-order valence-electron chi connectivity index (χ0n) is 17.8. The molecule has 0 bridgehead atoms. The van der Waals surface area contributed by atoms with Gasteiger partial charge in [-0.15, -0.1) is 10.2 Å². The Labute approximate surface area is 190 Å². The first-order chi connectivity index (χ1) is 16.2. The van der Waals surface area contributed by atoms with Crippen molar-refractivity contribution in [3.05, 3.63) is 84.2 Å². The Bertz CT molecular complexity index is 1300. The van der Waals surface area contributed by atoms with Crippen LogP contribution in [0.1, 0.15) is 22.3 Å². The van der Waals surface area contributed by atoms with Crippen molar-refractivity contribution in [1.82, 2.24) is 25.2 Å². The van der Waals surface area contributed by atoms with Crippen molar-refractivity contribution < 1.29 is 9.59 Å². The van der Waals surface area contributed by atoms with Crippen molar-refractivity contribution in [2.75, 3.05) is 16.8 Å². The molecule has 2 aromatic carbocycles. The lowest BCUT2D eigenvalue weighted by Gasteiger charge is -2.29. The maximum atomic E-state index is 13.0. The standard InChI is InChI=1S/C24H21N7O2/c32-22(30-15-5-7-17-6-1-4-10-21(17)30)16-31-28-23(27-29-31)19-8-2-3-9-20(19)26-24(33)18-11-13-25-14-12-18/h1-4,6,8-14H,5,7,15-16H2,(H,26,33). The number of carbonyl (C=O) groups excluding carboxylic acids is 2. The van der Waals surface area contributed by atoms with E-state index in [0.717, 1.165) is 18.5 Å². The van der Waals surface area contributed by atoms with Gasteiger partial charge in [-0.2, -0.15) is 4.80 Å². The minimum Gasteiger partial charge on any atom is -0.321 e. The number of pyridine rings is 1. The van der Waals surface area contributed by atoms with E-state index < -0.39 is 0 Å². The molecule has 1 aliphatic heterocycles. The summed E-state index contributed by atoms with van der Waals surface area (Å²) in [6.07, 6.45) is 5.01. The van der Waals surface area contributed by atoms with Crippen LogP contribution >= 0.6 is 0 Å². The van der Waals surface area contributed by atoms with E-state index >= 15 is 0 Å². The number of para-hydroxylation sites is 2. The molecule has 1 aliphatic rings. The van der Waals surface area contributed by atoms with Gasteiger partial charge in [0.05, 0.1) is 5.69 Å². The highest BCUT2D eigenvalue weighted by atomic mass is 16.2. The predicted octanol–water partition coefficient (Wildman–Crippen LogP) is 2.97. The van der Waals surface area contributed by atoms with Crippen molar-refractivity contribution in [1.29, 1.82) is 0 Å². The summed E-state index contributed by atoms with van der Waals surface area (Å²) in [6, 6.07) is 18.4. The summed E-state index contributed by atoms with van der Waals surface area (Å²) in [5.74, 6) is -0.0333. The van der Waals surface area contributed by atoms with Crippen LogP contribution < -0.4 is 10.2 Å². The molecule has 1 N–H and O–H groups in total. The molecule has 0 saturated carbocycles. The lowest BCUT2D eigenvalue weighted by Crippen LogP contribution is -2.38. The molecule has 9 nitrogen and oxygen atoms in total. The summed E-state index contributed by atoms with van der Waals surface area (Å²) >= 11 is 0. The number of benzene rings is 2. The number of aromatic nitrogens is 5. The highest BCUT2D eigenvalue weighted by molar-refractivity contribution is 6.05. The van der Waals surface area contributed by atoms with Crippen LogP contribution in [0.3, 0.4) is 0 Å². The van der Waals surface area contributed by atoms with Gasteiger partial charge in [0.2, 0.25) is 5.82 Å². The van der Waals surface area contributed by atoms with Crippen molar-refractivity contribution in [3.63, 3.8) is 0 Å². The van der Waals surface area contributed by atoms with Gasteiger partial charge in [0.1, 0.15) is 6.54 Å². The quantitative estimate of drug-likeness (QED) is 0.513. The fourth-order valence-electron chi connectivity index (χ4n) is 3.90. The minimum atomic E-state index is -0.267. The van der Waals surface area contributed by atoms with Crippen LogP contribution in [0.25, 0.3) is 11.4 Å². The molecule has 2 amide bonds. The Morgan fingerprint density at radius 1 is 0.970 bits per heavy atom. The SMILES string of the molecule is O=C(Nc1ccccc1-c1nnn(CC(=O)N2CCCc3ccccc32)n1)c1ccncc1. The molecule has 2 aromatic heterocycles. The number of fused-ring (bicyclic) bond motifs is 1. The Balaban J connectivity index is 1.34. The summed E-state index contributed by atoms with van der Waals surface area (Å²) in [4.78, 5) is 32.6. The number of hydrogen-bond acceptors (Lipinski definition) is 6. The minimum absolute atomic E-state index is 0.0210. The van der Waals surface area contributed by atoms with E-state index in [1.54, 1.807) is 41.6 Å². The molecule has 4 aromatic rings. The van der Waals surface area contributed by atoms with E-state index in [2.05, 4.69) is 31.8 Å². The molecule has 0 spiro atoms. The van der Waals surface area contributed by atoms with Gasteiger partial charge in [-0.05, 0) is 54.0 Å². The highest BCUT2D eigenvalue weighted by Gasteiger charge is 2.23. The second-order valence-corrected chi connectivity index (χ2v) is 7.66. The third kappa shape index (κ3) is 4.33. The molecular weight excluding hydrogens is 418 g/mol. The normalized spacial score (nSPS) is 12.8. The third-order valence-electron chi connectivity index (χ3n) is 5.50. The summed E-state index contributed by atoms with van der Waals surface area (Å²) < 4.78 is 0. The van der Waals surface area contributed by atoms with E-state index in [1.807, 2.05) is 30.3 Å². The number of carbonyl (C=O) groups is 2. The van der Waals surface area contributed by atoms with Gasteiger partial charge in [-0.25, -0.2) is 0 Å². The van der Waals surface area contributed by atoms with E-state index in [1.165, 1.54) is 10.4 Å². The molecule has 0 saturated heterocycles. The van der Waals surface area contributed by atoms with Gasteiger partial charge in [-0.1, -0.05) is 30.3 Å². The van der Waals surface area contributed by atoms with Gasteiger partial charge in [0.15, 0.2) is 0 Å². The van der Waals surface area contributed by atoms with Crippen LogP contribution in [0, 0.1) is 0 Å². The van der Waals surface area contributed by atoms with Gasteiger partial charge >= 0.3 is 0 Å². The Morgan fingerprint density at radius 3 is 2.64 bits per heavy atom. The zero-order valence-corrected chi connectivity index (χ0v) is 17.8. The molecule has 33 heavy (non-hydrogen) atoms. The van der Waals surface area contributed by atoms with E-state index in [-0.39, 0.29) is 18.4 Å². The average molecular weight is 439 g/mol. The number of tetrazole rings is 1. The fraction of sp³-hybridized carbons (Fsp3) is 0.167. The number of aryl methyl sites for hydroxylation is 1. The monoisotopic (exact) mass is 439 g/mol. The number of nitrogens with zero attached hydrogens (tertiary/aromatic N) is 6. The number of anilines is 2. The average Bonchev–Trinajstić information content (AvgIpc) is 3.32. The van der Waals surface area contributed by atoms with Gasteiger partial charge in [0, 0.05) is 35.8 Å². The second kappa shape index (κ2) is 8.99. The predicted molar refractivity (Wildman–Crippen MR) is 123 cm³/mol. The molecule has 0 aliphatic carbocycles.